The van der Waals surface area contributed by atoms with E-state index in [0.29, 0.717) is 0 Å². The first-order chi connectivity index (χ1) is 14.9. The molecule has 4 aromatic rings. The Kier molecular flexibility index (Phi) is 6.10. The zero-order chi connectivity index (χ0) is 22.0. The van der Waals surface area contributed by atoms with Crippen LogP contribution in [-0.2, 0) is 34.0 Å². The van der Waals surface area contributed by atoms with Crippen LogP contribution in [0.1, 0.15) is 24.0 Å². The minimum Gasteiger partial charge on any atom is -0.767 e. The molecule has 1 aliphatic rings. The third-order valence-corrected chi connectivity index (χ3v) is 6.82. The lowest BCUT2D eigenvalue weighted by atomic mass is 9.86. The summed E-state index contributed by atoms with van der Waals surface area (Å²) in [6.07, 6.45) is 7.17. The van der Waals surface area contributed by atoms with Crippen LogP contribution in [0.25, 0.3) is 21.5 Å². The number of aromatic nitrogens is 2. The van der Waals surface area contributed by atoms with Crippen LogP contribution in [0.3, 0.4) is 0 Å². The lowest BCUT2D eigenvalue weighted by Crippen LogP contribution is -2.08. The van der Waals surface area contributed by atoms with Gasteiger partial charge in [0, 0.05) is 23.5 Å². The van der Waals surface area contributed by atoms with Crippen LogP contribution < -0.4 is 0 Å². The average molecular weight is 456 g/mol. The largest absolute Gasteiger partial charge is 0.767 e. The summed E-state index contributed by atoms with van der Waals surface area (Å²) in [6.45, 7) is 0. The Labute approximate surface area is 182 Å². The highest BCUT2D eigenvalue weighted by Gasteiger charge is 2.18. The van der Waals surface area contributed by atoms with Gasteiger partial charge in [-0.3, -0.25) is 8.76 Å². The van der Waals surface area contributed by atoms with Crippen LogP contribution in [0.4, 0.5) is 0 Å². The van der Waals surface area contributed by atoms with Gasteiger partial charge in [-0.25, -0.2) is 9.97 Å². The van der Waals surface area contributed by atoms with Crippen LogP contribution in [-0.4, -0.2) is 31.7 Å². The maximum Gasteiger partial charge on any atom is 0.314 e. The molecule has 9 heteroatoms. The molecule has 7 nitrogen and oxygen atoms in total. The Bertz CT molecular complexity index is 1400. The molecule has 0 aliphatic heterocycles. The van der Waals surface area contributed by atoms with E-state index in [1.165, 1.54) is 47.2 Å². The number of benzene rings is 3. The van der Waals surface area contributed by atoms with Gasteiger partial charge in [-0.2, -0.15) is 8.42 Å². The van der Waals surface area contributed by atoms with Crippen molar-refractivity contribution in [1.29, 1.82) is 0 Å². The molecule has 0 saturated heterocycles. The first-order valence-corrected chi connectivity index (χ1v) is 12.2. The summed E-state index contributed by atoms with van der Waals surface area (Å²) in [4.78, 5) is 6.41. The van der Waals surface area contributed by atoms with Gasteiger partial charge in [-0.05, 0) is 58.4 Å². The van der Waals surface area contributed by atoms with E-state index < -0.39 is 31.3 Å². The van der Waals surface area contributed by atoms with Gasteiger partial charge < -0.3 is 4.55 Å². The predicted octanol–water partition coefficient (Wildman–Crippen LogP) is 3.83. The highest BCUT2D eigenvalue weighted by Crippen LogP contribution is 2.33. The Morgan fingerprint density at radius 3 is 2.32 bits per heavy atom. The topological polar surface area (TPSA) is 120 Å². The highest BCUT2D eigenvalue weighted by molar-refractivity contribution is 7.87. The van der Waals surface area contributed by atoms with E-state index in [2.05, 4.69) is 58.5 Å². The van der Waals surface area contributed by atoms with Gasteiger partial charge in [0.1, 0.15) is 0 Å². The summed E-state index contributed by atoms with van der Waals surface area (Å²) in [5.41, 5.74) is 3.17. The summed E-state index contributed by atoms with van der Waals surface area (Å²) < 4.78 is 50.4. The average Bonchev–Trinajstić information content (AvgIpc) is 2.78. The number of aryl methyl sites for hydroxylation is 2. The molecule has 0 fully saturated rings. The van der Waals surface area contributed by atoms with Gasteiger partial charge in [0.25, 0.3) is 0 Å². The Morgan fingerprint density at radius 1 is 0.871 bits per heavy atom. The fraction of sp³-hybridized carbons (Fsp3) is 0.182. The van der Waals surface area contributed by atoms with E-state index in [1.54, 1.807) is 11.1 Å². The lowest BCUT2D eigenvalue weighted by Gasteiger charge is -2.18. The molecule has 0 saturated carbocycles. The smallest absolute Gasteiger partial charge is 0.314 e. The first-order valence-electron chi connectivity index (χ1n) is 9.66. The van der Waals surface area contributed by atoms with Gasteiger partial charge in [0.05, 0.1) is 0 Å². The monoisotopic (exact) mass is 455 g/mol. The van der Waals surface area contributed by atoms with Crippen molar-refractivity contribution in [1.82, 2.24) is 9.97 Å². The minimum atomic E-state index is -4.65. The highest BCUT2D eigenvalue weighted by atomic mass is 32.2. The van der Waals surface area contributed by atoms with Crippen LogP contribution >= 0.6 is 0 Å². The number of fused-ring (bicyclic) bond motifs is 5. The van der Waals surface area contributed by atoms with Crippen molar-refractivity contribution in [3.63, 3.8) is 0 Å². The van der Waals surface area contributed by atoms with E-state index in [4.69, 9.17) is 4.55 Å². The Morgan fingerprint density at radius 2 is 1.58 bits per heavy atom. The van der Waals surface area contributed by atoms with Gasteiger partial charge >= 0.3 is 10.1 Å². The van der Waals surface area contributed by atoms with Crippen molar-refractivity contribution in [3.8, 4) is 0 Å². The molecule has 160 valence electrons. The van der Waals surface area contributed by atoms with Crippen LogP contribution in [0, 0.1) is 0 Å². The second-order valence-electron chi connectivity index (χ2n) is 7.17. The maximum absolute atomic E-state index is 10.5. The molecule has 0 radical (unpaired) electrons. The molecule has 5 rings (SSSR count). The zero-order valence-corrected chi connectivity index (χ0v) is 18.0. The van der Waals surface area contributed by atoms with E-state index in [9.17, 15) is 17.2 Å². The Hall–Kier alpha value is -2.72. The van der Waals surface area contributed by atoms with E-state index in [1.807, 2.05) is 0 Å². The number of nitrogens with zero attached hydrogens (tertiary/aromatic N) is 2. The summed E-state index contributed by atoms with van der Waals surface area (Å²) in [7, 11) is -4.65. The van der Waals surface area contributed by atoms with E-state index >= 15 is 0 Å². The lowest BCUT2D eigenvalue weighted by molar-refractivity contribution is 0.470. The standard InChI is InChI=1S/C18H16.C4H4N2O5S2/c1-3-7-15-13(5-1)9-11-18-16-8-4-2-6-14(16)10-12-17(15)18;7-12(8)3-4(13(9,10)11)6-2-1-5-3/h1,3,5,7,9-12H,2,4,6,8H2;1-2H,(H,7,8)(H,9,10,11)/p-1. The summed E-state index contributed by atoms with van der Waals surface area (Å²) in [5, 5.41) is 3.87. The second-order valence-corrected chi connectivity index (χ2v) is 9.36. The SMILES string of the molecule is O=S([O-])c1nccnc1S(=O)(=O)O.c1ccc2c(c1)ccc1c3c(ccc12)CCCC3. The molecule has 31 heavy (non-hydrogen) atoms. The zero-order valence-electron chi connectivity index (χ0n) is 16.4. The van der Waals surface area contributed by atoms with E-state index in [-0.39, 0.29) is 0 Å². The fourth-order valence-corrected chi connectivity index (χ4v) is 5.28. The van der Waals surface area contributed by atoms with Crippen molar-refractivity contribution in [3.05, 3.63) is 72.1 Å². The summed E-state index contributed by atoms with van der Waals surface area (Å²) in [6, 6.07) is 18.0. The van der Waals surface area contributed by atoms with Crippen LogP contribution in [0.2, 0.25) is 0 Å². The molecule has 0 spiro atoms. The molecule has 1 atom stereocenters. The molecule has 1 aliphatic carbocycles. The molecular formula is C22H19N2O5S2-. The molecule has 1 unspecified atom stereocenters. The van der Waals surface area contributed by atoms with Crippen molar-refractivity contribution < 1.29 is 21.7 Å². The third-order valence-electron chi connectivity index (χ3n) is 5.29. The number of hydrogen-bond acceptors (Lipinski definition) is 6. The molecule has 0 amide bonds. The number of hydrogen-bond donors (Lipinski definition) is 1. The molecule has 3 aromatic carbocycles. The quantitative estimate of drug-likeness (QED) is 0.277. The summed E-state index contributed by atoms with van der Waals surface area (Å²) in [5.74, 6) is 0. The van der Waals surface area contributed by atoms with Crippen molar-refractivity contribution >= 4 is 42.7 Å². The van der Waals surface area contributed by atoms with Gasteiger partial charge in [0.15, 0.2) is 5.03 Å². The predicted molar refractivity (Wildman–Crippen MR) is 117 cm³/mol. The van der Waals surface area contributed by atoms with Gasteiger partial charge in [-0.1, -0.05) is 48.5 Å². The molecular weight excluding hydrogens is 436 g/mol. The molecule has 1 N–H and O–H groups in total. The van der Waals surface area contributed by atoms with Crippen LogP contribution in [0.5, 0.6) is 0 Å². The molecule has 1 aromatic heterocycles. The molecule has 1 heterocycles. The van der Waals surface area contributed by atoms with Crippen molar-refractivity contribution in [2.24, 2.45) is 0 Å². The Balaban J connectivity index is 0.000000159. The van der Waals surface area contributed by atoms with E-state index in [0.717, 1.165) is 12.4 Å². The summed E-state index contributed by atoms with van der Waals surface area (Å²) >= 11 is -2.85. The second kappa shape index (κ2) is 8.80. The maximum atomic E-state index is 10.5. The van der Waals surface area contributed by atoms with Crippen LogP contribution in [0.15, 0.2) is 71.0 Å². The van der Waals surface area contributed by atoms with Crippen molar-refractivity contribution in [2.45, 2.75) is 35.7 Å². The van der Waals surface area contributed by atoms with Gasteiger partial charge in [0.2, 0.25) is 5.03 Å². The first kappa shape index (κ1) is 21.5. The molecule has 0 bridgehead atoms. The fourth-order valence-electron chi connectivity index (χ4n) is 3.95. The minimum absolute atomic E-state index is 0.801. The normalized spacial score (nSPS) is 14.5. The van der Waals surface area contributed by atoms with Gasteiger partial charge in [-0.15, -0.1) is 0 Å². The van der Waals surface area contributed by atoms with Crippen molar-refractivity contribution in [2.75, 3.05) is 0 Å². The third kappa shape index (κ3) is 4.49. The number of rotatable bonds is 2.